The van der Waals surface area contributed by atoms with Crippen LogP contribution in [-0.4, -0.2) is 19.3 Å². The van der Waals surface area contributed by atoms with Crippen LogP contribution in [0, 0.1) is 5.92 Å². The molecule has 1 aliphatic rings. The minimum Gasteiger partial charge on any atom is -0.393 e. The van der Waals surface area contributed by atoms with Crippen LogP contribution in [0.25, 0.3) is 0 Å². The molecule has 0 amide bonds. The van der Waals surface area contributed by atoms with Crippen molar-refractivity contribution >= 4 is 8.07 Å². The van der Waals surface area contributed by atoms with Crippen molar-refractivity contribution < 1.29 is 5.11 Å². The monoisotopic (exact) mass is 186 g/mol. The number of rotatable bonds is 1. The molecule has 0 bridgehead atoms. The van der Waals surface area contributed by atoms with E-state index >= 15 is 0 Å². The molecule has 72 valence electrons. The van der Waals surface area contributed by atoms with Crippen molar-refractivity contribution in [3.63, 3.8) is 0 Å². The van der Waals surface area contributed by atoms with Crippen LogP contribution in [-0.2, 0) is 0 Å². The van der Waals surface area contributed by atoms with Crippen LogP contribution in [0.15, 0.2) is 0 Å². The quantitative estimate of drug-likeness (QED) is 0.624. The lowest BCUT2D eigenvalue weighted by Gasteiger charge is -2.38. The molecule has 0 aliphatic heterocycles. The summed E-state index contributed by atoms with van der Waals surface area (Å²) < 4.78 is 0. The van der Waals surface area contributed by atoms with Gasteiger partial charge in [0, 0.05) is 0 Å². The highest BCUT2D eigenvalue weighted by atomic mass is 28.3. The third-order valence-corrected chi connectivity index (χ3v) is 6.09. The molecule has 3 atom stereocenters. The zero-order valence-electron chi connectivity index (χ0n) is 8.80. The van der Waals surface area contributed by atoms with Gasteiger partial charge >= 0.3 is 0 Å². The van der Waals surface area contributed by atoms with Crippen molar-refractivity contribution in [2.45, 2.75) is 57.5 Å². The van der Waals surface area contributed by atoms with Crippen LogP contribution >= 0.6 is 0 Å². The minimum atomic E-state index is -1.10. The SMILES string of the molecule is C[C@H]1CC[C@@H]([Si](C)(C)C)[C@H](O)C1. The Labute approximate surface area is 77.2 Å². The molecule has 1 fully saturated rings. The van der Waals surface area contributed by atoms with Gasteiger partial charge in [0.05, 0.1) is 14.2 Å². The lowest BCUT2D eigenvalue weighted by atomic mass is 9.88. The van der Waals surface area contributed by atoms with Gasteiger partial charge in [-0.25, -0.2) is 0 Å². The third-order valence-electron chi connectivity index (χ3n) is 3.19. The molecule has 1 aliphatic carbocycles. The second kappa shape index (κ2) is 3.50. The van der Waals surface area contributed by atoms with Gasteiger partial charge in [-0.05, 0) is 17.9 Å². The zero-order valence-corrected chi connectivity index (χ0v) is 9.80. The molecule has 0 saturated heterocycles. The molecule has 0 aromatic carbocycles. The lowest BCUT2D eigenvalue weighted by molar-refractivity contribution is 0.104. The molecule has 0 heterocycles. The average Bonchev–Trinajstić information content (AvgIpc) is 1.83. The van der Waals surface area contributed by atoms with E-state index in [1.165, 1.54) is 12.8 Å². The van der Waals surface area contributed by atoms with Gasteiger partial charge in [0.1, 0.15) is 0 Å². The highest BCUT2D eigenvalue weighted by molar-refractivity contribution is 6.77. The number of hydrogen-bond acceptors (Lipinski definition) is 1. The van der Waals surface area contributed by atoms with Crippen molar-refractivity contribution in [3.8, 4) is 0 Å². The molecule has 2 heteroatoms. The molecular weight excluding hydrogens is 164 g/mol. The van der Waals surface area contributed by atoms with Gasteiger partial charge in [0.25, 0.3) is 0 Å². The molecule has 1 nitrogen and oxygen atoms in total. The van der Waals surface area contributed by atoms with E-state index in [1.54, 1.807) is 0 Å². The van der Waals surface area contributed by atoms with Crippen LogP contribution in [0.2, 0.25) is 25.2 Å². The van der Waals surface area contributed by atoms with E-state index in [9.17, 15) is 5.11 Å². The van der Waals surface area contributed by atoms with E-state index in [0.717, 1.165) is 12.3 Å². The first-order valence-electron chi connectivity index (χ1n) is 5.09. The van der Waals surface area contributed by atoms with Gasteiger partial charge in [0.15, 0.2) is 0 Å². The van der Waals surface area contributed by atoms with Crippen molar-refractivity contribution in [3.05, 3.63) is 0 Å². The fraction of sp³-hybridized carbons (Fsp3) is 1.00. The number of aliphatic hydroxyl groups excluding tert-OH is 1. The fourth-order valence-electron chi connectivity index (χ4n) is 2.36. The molecule has 1 N–H and O–H groups in total. The van der Waals surface area contributed by atoms with Crippen LogP contribution in [0.3, 0.4) is 0 Å². The largest absolute Gasteiger partial charge is 0.393 e. The smallest absolute Gasteiger partial charge is 0.0547 e. The average molecular weight is 186 g/mol. The number of hydrogen-bond donors (Lipinski definition) is 1. The Morgan fingerprint density at radius 1 is 1.17 bits per heavy atom. The Morgan fingerprint density at radius 2 is 1.75 bits per heavy atom. The first kappa shape index (κ1) is 10.3. The van der Waals surface area contributed by atoms with Crippen LogP contribution < -0.4 is 0 Å². The summed E-state index contributed by atoms with van der Waals surface area (Å²) in [4.78, 5) is 0. The van der Waals surface area contributed by atoms with Crippen molar-refractivity contribution in [2.24, 2.45) is 5.92 Å². The predicted molar refractivity (Wildman–Crippen MR) is 56.1 cm³/mol. The fourth-order valence-corrected chi connectivity index (χ4v) is 4.68. The van der Waals surface area contributed by atoms with Crippen molar-refractivity contribution in [1.82, 2.24) is 0 Å². The topological polar surface area (TPSA) is 20.2 Å². The predicted octanol–water partition coefficient (Wildman–Crippen LogP) is 2.88. The Balaban J connectivity index is 2.57. The molecule has 12 heavy (non-hydrogen) atoms. The summed E-state index contributed by atoms with van der Waals surface area (Å²) in [6.45, 7) is 9.37. The second-order valence-corrected chi connectivity index (χ2v) is 10.9. The number of aliphatic hydroxyl groups is 1. The lowest BCUT2D eigenvalue weighted by Crippen LogP contribution is -2.39. The molecule has 0 aromatic heterocycles. The van der Waals surface area contributed by atoms with E-state index in [0.29, 0.717) is 5.54 Å². The first-order valence-corrected chi connectivity index (χ1v) is 8.67. The third kappa shape index (κ3) is 2.33. The normalized spacial score (nSPS) is 38.2. The summed E-state index contributed by atoms with van der Waals surface area (Å²) in [6.07, 6.45) is 3.62. The van der Waals surface area contributed by atoms with Gasteiger partial charge in [-0.3, -0.25) is 0 Å². The standard InChI is InChI=1S/C10H22OSi/c1-8-5-6-10(9(11)7-8)12(2,3)4/h8-11H,5-7H2,1-4H3/t8-,9+,10+/m0/s1. The molecule has 0 spiro atoms. The van der Waals surface area contributed by atoms with Crippen molar-refractivity contribution in [1.29, 1.82) is 0 Å². The second-order valence-electron chi connectivity index (χ2n) is 5.46. The maximum atomic E-state index is 9.91. The van der Waals surface area contributed by atoms with E-state index < -0.39 is 8.07 Å². The van der Waals surface area contributed by atoms with E-state index in [4.69, 9.17) is 0 Å². The van der Waals surface area contributed by atoms with Gasteiger partial charge in [-0.15, -0.1) is 0 Å². The van der Waals surface area contributed by atoms with E-state index in [2.05, 4.69) is 26.6 Å². The Kier molecular flexibility index (Phi) is 3.00. The summed E-state index contributed by atoms with van der Waals surface area (Å²) in [7, 11) is -1.10. The minimum absolute atomic E-state index is 0.000386. The van der Waals surface area contributed by atoms with E-state index in [-0.39, 0.29) is 6.10 Å². The van der Waals surface area contributed by atoms with Crippen LogP contribution in [0.5, 0.6) is 0 Å². The van der Waals surface area contributed by atoms with Crippen LogP contribution in [0.1, 0.15) is 26.2 Å². The summed E-state index contributed by atoms with van der Waals surface area (Å²) in [5.41, 5.74) is 0.647. The first-order chi connectivity index (χ1) is 5.41. The van der Waals surface area contributed by atoms with Gasteiger partial charge in [-0.1, -0.05) is 39.4 Å². The van der Waals surface area contributed by atoms with Crippen LogP contribution in [0.4, 0.5) is 0 Å². The van der Waals surface area contributed by atoms with Gasteiger partial charge < -0.3 is 5.11 Å². The molecule has 0 aromatic rings. The van der Waals surface area contributed by atoms with E-state index in [1.807, 2.05) is 0 Å². The highest BCUT2D eigenvalue weighted by Crippen LogP contribution is 2.39. The Hall–Kier alpha value is 0.177. The summed E-state index contributed by atoms with van der Waals surface area (Å²) >= 11 is 0. The maximum absolute atomic E-state index is 9.91. The Morgan fingerprint density at radius 3 is 2.17 bits per heavy atom. The molecule has 0 radical (unpaired) electrons. The zero-order chi connectivity index (χ0) is 9.35. The molecular formula is C10H22OSi. The summed E-state index contributed by atoms with van der Waals surface area (Å²) in [6, 6.07) is 0. The van der Waals surface area contributed by atoms with Crippen molar-refractivity contribution in [2.75, 3.05) is 0 Å². The molecule has 1 saturated carbocycles. The van der Waals surface area contributed by atoms with Gasteiger partial charge in [0.2, 0.25) is 0 Å². The molecule has 0 unspecified atom stereocenters. The Bertz CT molecular complexity index is 150. The maximum Gasteiger partial charge on any atom is 0.0547 e. The molecule has 1 rings (SSSR count). The highest BCUT2D eigenvalue weighted by Gasteiger charge is 2.36. The summed E-state index contributed by atoms with van der Waals surface area (Å²) in [5, 5.41) is 9.91. The summed E-state index contributed by atoms with van der Waals surface area (Å²) in [5.74, 6) is 0.743. The van der Waals surface area contributed by atoms with Gasteiger partial charge in [-0.2, -0.15) is 0 Å².